The van der Waals surface area contributed by atoms with Crippen molar-refractivity contribution in [2.24, 2.45) is 5.41 Å². The van der Waals surface area contributed by atoms with Gasteiger partial charge in [-0.25, -0.2) is 0 Å². The maximum atomic E-state index is 6.30. The zero-order chi connectivity index (χ0) is 11.8. The lowest BCUT2D eigenvalue weighted by molar-refractivity contribution is 0.0382. The number of fused-ring (bicyclic) bond motifs is 1. The molecule has 0 amide bonds. The fourth-order valence-electron chi connectivity index (χ4n) is 4.20. The molecule has 2 heteroatoms. The van der Waals surface area contributed by atoms with Crippen molar-refractivity contribution >= 4 is 11.8 Å². The predicted molar refractivity (Wildman–Crippen MR) is 74.2 cm³/mol. The standard InChI is InChI=1S/C15H24OS/c1-2-8-14-9-5-10-15(14,16-12-11-14)17-13-6-3-4-7-13/h2,13H,1,3-12H2. The van der Waals surface area contributed by atoms with Gasteiger partial charge in [-0.3, -0.25) is 0 Å². The zero-order valence-corrected chi connectivity index (χ0v) is 11.6. The largest absolute Gasteiger partial charge is 0.364 e. The van der Waals surface area contributed by atoms with Gasteiger partial charge in [0.1, 0.15) is 4.93 Å². The van der Waals surface area contributed by atoms with Gasteiger partial charge in [0.2, 0.25) is 0 Å². The van der Waals surface area contributed by atoms with Crippen LogP contribution in [0.3, 0.4) is 0 Å². The monoisotopic (exact) mass is 252 g/mol. The van der Waals surface area contributed by atoms with E-state index in [4.69, 9.17) is 4.74 Å². The third kappa shape index (κ3) is 1.88. The van der Waals surface area contributed by atoms with Crippen LogP contribution in [-0.2, 0) is 4.74 Å². The van der Waals surface area contributed by atoms with E-state index in [2.05, 4.69) is 24.4 Å². The van der Waals surface area contributed by atoms with Crippen LogP contribution in [0.4, 0.5) is 0 Å². The van der Waals surface area contributed by atoms with Gasteiger partial charge in [0.05, 0.1) is 0 Å². The molecule has 1 saturated heterocycles. The van der Waals surface area contributed by atoms with E-state index in [1.165, 1.54) is 51.4 Å². The van der Waals surface area contributed by atoms with Gasteiger partial charge in [0.15, 0.2) is 0 Å². The Hall–Kier alpha value is 0.0500. The molecule has 1 nitrogen and oxygen atoms in total. The van der Waals surface area contributed by atoms with E-state index in [1.54, 1.807) is 0 Å². The van der Waals surface area contributed by atoms with Crippen molar-refractivity contribution < 1.29 is 4.74 Å². The average molecular weight is 252 g/mol. The summed E-state index contributed by atoms with van der Waals surface area (Å²) >= 11 is 2.20. The Labute approximate surface area is 109 Å². The second-order valence-corrected chi connectivity index (χ2v) is 7.56. The SMILES string of the molecule is C=CCC12CCCC1(SC1CCCC1)OCC2. The van der Waals surface area contributed by atoms with Crippen LogP contribution in [0.5, 0.6) is 0 Å². The minimum Gasteiger partial charge on any atom is -0.364 e. The summed E-state index contributed by atoms with van der Waals surface area (Å²) in [6, 6.07) is 0. The van der Waals surface area contributed by atoms with Gasteiger partial charge in [-0.2, -0.15) is 0 Å². The second-order valence-electron chi connectivity index (χ2n) is 6.00. The highest BCUT2D eigenvalue weighted by Crippen LogP contribution is 2.64. The maximum Gasteiger partial charge on any atom is 0.119 e. The van der Waals surface area contributed by atoms with Crippen molar-refractivity contribution in [3.63, 3.8) is 0 Å². The molecular formula is C15H24OS. The number of ether oxygens (including phenoxy) is 1. The van der Waals surface area contributed by atoms with E-state index < -0.39 is 0 Å². The lowest BCUT2D eigenvalue weighted by Crippen LogP contribution is -2.38. The van der Waals surface area contributed by atoms with Crippen molar-refractivity contribution in [3.8, 4) is 0 Å². The number of hydrogen-bond acceptors (Lipinski definition) is 2. The number of rotatable bonds is 4. The molecule has 0 bridgehead atoms. The van der Waals surface area contributed by atoms with E-state index >= 15 is 0 Å². The molecule has 2 saturated carbocycles. The van der Waals surface area contributed by atoms with Crippen LogP contribution < -0.4 is 0 Å². The van der Waals surface area contributed by atoms with Gasteiger partial charge < -0.3 is 4.74 Å². The fourth-order valence-corrected chi connectivity index (χ4v) is 6.25. The maximum absolute atomic E-state index is 6.30. The first kappa shape index (κ1) is 12.1. The quantitative estimate of drug-likeness (QED) is 0.680. The molecule has 96 valence electrons. The van der Waals surface area contributed by atoms with E-state index in [9.17, 15) is 0 Å². The first-order valence-electron chi connectivity index (χ1n) is 7.23. The van der Waals surface area contributed by atoms with E-state index in [0.717, 1.165) is 18.3 Å². The molecule has 3 aliphatic rings. The number of allylic oxidation sites excluding steroid dienone is 1. The summed E-state index contributed by atoms with van der Waals surface area (Å²) in [7, 11) is 0. The van der Waals surface area contributed by atoms with Crippen LogP contribution in [0, 0.1) is 5.41 Å². The van der Waals surface area contributed by atoms with Crippen molar-refractivity contribution in [2.45, 2.75) is 68.0 Å². The third-order valence-corrected chi connectivity index (χ3v) is 7.02. The number of hydrogen-bond donors (Lipinski definition) is 0. The Kier molecular flexibility index (Phi) is 3.29. The molecule has 0 spiro atoms. The van der Waals surface area contributed by atoms with Gasteiger partial charge in [-0.1, -0.05) is 18.9 Å². The minimum absolute atomic E-state index is 0.163. The third-order valence-electron chi connectivity index (χ3n) is 5.08. The Morgan fingerprint density at radius 2 is 2.00 bits per heavy atom. The summed E-state index contributed by atoms with van der Waals surface area (Å²) in [5.41, 5.74) is 0.433. The van der Waals surface area contributed by atoms with Crippen LogP contribution in [-0.4, -0.2) is 16.8 Å². The van der Waals surface area contributed by atoms with Crippen LogP contribution in [0.1, 0.15) is 57.8 Å². The molecule has 17 heavy (non-hydrogen) atoms. The molecular weight excluding hydrogens is 228 g/mol. The highest BCUT2D eigenvalue weighted by atomic mass is 32.2. The summed E-state index contributed by atoms with van der Waals surface area (Å²) in [6.07, 6.45) is 14.2. The van der Waals surface area contributed by atoms with Crippen molar-refractivity contribution in [3.05, 3.63) is 12.7 Å². The molecule has 0 aromatic carbocycles. The predicted octanol–water partition coefficient (Wildman–Crippen LogP) is 4.53. The molecule has 2 aliphatic carbocycles. The van der Waals surface area contributed by atoms with Crippen LogP contribution in [0.2, 0.25) is 0 Å². The van der Waals surface area contributed by atoms with Gasteiger partial charge in [0, 0.05) is 17.3 Å². The van der Waals surface area contributed by atoms with Crippen LogP contribution in [0.15, 0.2) is 12.7 Å². The average Bonchev–Trinajstić information content (AvgIpc) is 2.95. The topological polar surface area (TPSA) is 9.23 Å². The highest BCUT2D eigenvalue weighted by molar-refractivity contribution is 8.01. The lowest BCUT2D eigenvalue weighted by Gasteiger charge is -2.40. The Morgan fingerprint density at radius 3 is 2.76 bits per heavy atom. The van der Waals surface area contributed by atoms with Crippen molar-refractivity contribution in [1.82, 2.24) is 0 Å². The fraction of sp³-hybridized carbons (Fsp3) is 0.867. The van der Waals surface area contributed by atoms with E-state index in [-0.39, 0.29) is 4.93 Å². The summed E-state index contributed by atoms with van der Waals surface area (Å²) in [6.45, 7) is 4.96. The molecule has 1 heterocycles. The molecule has 2 atom stereocenters. The minimum atomic E-state index is 0.163. The Balaban J connectivity index is 1.79. The van der Waals surface area contributed by atoms with E-state index in [0.29, 0.717) is 5.41 Å². The summed E-state index contributed by atoms with van der Waals surface area (Å²) in [5, 5.41) is 0.871. The van der Waals surface area contributed by atoms with Gasteiger partial charge >= 0.3 is 0 Å². The molecule has 3 rings (SSSR count). The summed E-state index contributed by atoms with van der Waals surface area (Å²) < 4.78 is 6.30. The normalized spacial score (nSPS) is 41.9. The highest BCUT2D eigenvalue weighted by Gasteiger charge is 2.59. The summed E-state index contributed by atoms with van der Waals surface area (Å²) in [5.74, 6) is 0. The molecule has 0 aromatic heterocycles. The molecule has 3 fully saturated rings. The molecule has 0 aromatic rings. The molecule has 2 unspecified atom stereocenters. The smallest absolute Gasteiger partial charge is 0.119 e. The van der Waals surface area contributed by atoms with Gasteiger partial charge in [0.25, 0.3) is 0 Å². The van der Waals surface area contributed by atoms with Crippen LogP contribution in [0.25, 0.3) is 0 Å². The Bertz CT molecular complexity index is 283. The van der Waals surface area contributed by atoms with Gasteiger partial charge in [-0.15, -0.1) is 18.3 Å². The molecule has 0 radical (unpaired) electrons. The summed E-state index contributed by atoms with van der Waals surface area (Å²) in [4.78, 5) is 0.163. The first-order valence-corrected chi connectivity index (χ1v) is 8.11. The van der Waals surface area contributed by atoms with E-state index in [1.807, 2.05) is 0 Å². The molecule has 1 aliphatic heterocycles. The first-order chi connectivity index (χ1) is 8.30. The van der Waals surface area contributed by atoms with Gasteiger partial charge in [-0.05, 0) is 44.9 Å². The Morgan fingerprint density at radius 1 is 1.18 bits per heavy atom. The molecule has 0 N–H and O–H groups in total. The number of thioether (sulfide) groups is 1. The van der Waals surface area contributed by atoms with Crippen molar-refractivity contribution in [2.75, 3.05) is 6.61 Å². The zero-order valence-electron chi connectivity index (χ0n) is 10.7. The van der Waals surface area contributed by atoms with Crippen LogP contribution >= 0.6 is 11.8 Å². The van der Waals surface area contributed by atoms with Crippen molar-refractivity contribution in [1.29, 1.82) is 0 Å². The lowest BCUT2D eigenvalue weighted by atomic mass is 9.79. The second kappa shape index (κ2) is 4.62.